The van der Waals surface area contributed by atoms with Crippen molar-refractivity contribution in [2.45, 2.75) is 58.3 Å². The van der Waals surface area contributed by atoms with E-state index in [1.165, 1.54) is 20.8 Å². The molecule has 0 rings (SSSR count). The highest BCUT2D eigenvalue weighted by Crippen LogP contribution is 2.01. The highest BCUT2D eigenvalue weighted by atomic mass is 16.5. The normalized spacial score (nSPS) is 14.2. The van der Waals surface area contributed by atoms with Crippen molar-refractivity contribution >= 4 is 17.9 Å². The summed E-state index contributed by atoms with van der Waals surface area (Å²) in [6, 6.07) is 0. The molecule has 1 unspecified atom stereocenters. The Kier molecular flexibility index (Phi) is 11.5. The molecule has 0 aromatic carbocycles. The van der Waals surface area contributed by atoms with Gasteiger partial charge in [0.2, 0.25) is 0 Å². The minimum absolute atomic E-state index is 0.107. The van der Waals surface area contributed by atoms with Gasteiger partial charge in [-0.2, -0.15) is 0 Å². The van der Waals surface area contributed by atoms with Crippen LogP contribution in [0.4, 0.5) is 0 Å². The molecule has 0 amide bonds. The zero-order valence-electron chi connectivity index (χ0n) is 11.8. The minimum atomic E-state index is -1.02. The third kappa shape index (κ3) is 18.7. The van der Waals surface area contributed by atoms with E-state index in [0.29, 0.717) is 0 Å². The molecular formula is C12H22O8. The van der Waals surface area contributed by atoms with Crippen molar-refractivity contribution in [2.24, 2.45) is 0 Å². The van der Waals surface area contributed by atoms with E-state index in [4.69, 9.17) is 25.2 Å². The second kappa shape index (κ2) is 11.2. The molecule has 0 bridgehead atoms. The van der Waals surface area contributed by atoms with E-state index in [-0.39, 0.29) is 19.3 Å². The van der Waals surface area contributed by atoms with Gasteiger partial charge in [-0.25, -0.2) is 0 Å². The van der Waals surface area contributed by atoms with Crippen LogP contribution in [0.2, 0.25) is 0 Å². The molecule has 0 aliphatic rings. The summed E-state index contributed by atoms with van der Waals surface area (Å²) in [4.78, 5) is 30.7. The number of aliphatic carboxylic acids is 2. The number of hydrogen-bond donors (Lipinski definition) is 4. The average molecular weight is 294 g/mol. The first-order valence-electron chi connectivity index (χ1n) is 6.03. The Morgan fingerprint density at radius 2 is 1.25 bits per heavy atom. The lowest BCUT2D eigenvalue weighted by Gasteiger charge is -2.11. The zero-order valence-corrected chi connectivity index (χ0v) is 11.8. The van der Waals surface area contributed by atoms with E-state index in [9.17, 15) is 14.4 Å². The number of hydrogen-bond acceptors (Lipinski definition) is 6. The predicted molar refractivity (Wildman–Crippen MR) is 68.0 cm³/mol. The van der Waals surface area contributed by atoms with Crippen LogP contribution < -0.4 is 0 Å². The smallest absolute Gasteiger partial charge is 0.308 e. The lowest BCUT2D eigenvalue weighted by Crippen LogP contribution is -2.20. The van der Waals surface area contributed by atoms with Crippen LogP contribution in [0.1, 0.15) is 40.0 Å². The van der Waals surface area contributed by atoms with E-state index < -0.39 is 36.2 Å². The summed E-state index contributed by atoms with van der Waals surface area (Å²) < 4.78 is 4.69. The first-order chi connectivity index (χ1) is 9.04. The maximum atomic E-state index is 10.9. The molecule has 4 N–H and O–H groups in total. The van der Waals surface area contributed by atoms with Crippen molar-refractivity contribution in [3.8, 4) is 0 Å². The topological polar surface area (TPSA) is 141 Å². The van der Waals surface area contributed by atoms with Gasteiger partial charge in [0.15, 0.2) is 0 Å². The maximum Gasteiger partial charge on any atom is 0.308 e. The van der Waals surface area contributed by atoms with Gasteiger partial charge in [0.1, 0.15) is 6.10 Å². The summed E-state index contributed by atoms with van der Waals surface area (Å²) in [6.07, 6.45) is -2.62. The first kappa shape index (κ1) is 20.6. The van der Waals surface area contributed by atoms with Crippen molar-refractivity contribution in [3.05, 3.63) is 0 Å². The van der Waals surface area contributed by atoms with E-state index in [2.05, 4.69) is 0 Å². The summed E-state index contributed by atoms with van der Waals surface area (Å²) in [5, 5.41) is 33.4. The van der Waals surface area contributed by atoms with Gasteiger partial charge in [-0.1, -0.05) is 0 Å². The highest BCUT2D eigenvalue weighted by Gasteiger charge is 2.14. The number of aliphatic hydroxyl groups is 2. The number of carboxylic acids is 2. The fourth-order valence-corrected chi connectivity index (χ4v) is 1.05. The lowest BCUT2D eigenvalue weighted by atomic mass is 10.2. The molecule has 0 spiro atoms. The van der Waals surface area contributed by atoms with Crippen LogP contribution in [-0.2, 0) is 19.1 Å². The van der Waals surface area contributed by atoms with E-state index in [1.807, 2.05) is 0 Å². The molecule has 0 aromatic heterocycles. The van der Waals surface area contributed by atoms with E-state index >= 15 is 0 Å². The SMILES string of the molecule is CC(O)CC(=O)O.C[C@H](CC(=O)O)OC(=O)C[C@@H](C)O. The van der Waals surface area contributed by atoms with Gasteiger partial charge < -0.3 is 25.2 Å². The first-order valence-corrected chi connectivity index (χ1v) is 6.03. The Hall–Kier alpha value is -1.67. The molecule has 0 aromatic rings. The second-order valence-corrected chi connectivity index (χ2v) is 4.40. The number of rotatable bonds is 7. The van der Waals surface area contributed by atoms with Crippen molar-refractivity contribution in [2.75, 3.05) is 0 Å². The summed E-state index contributed by atoms with van der Waals surface area (Å²) >= 11 is 0. The summed E-state index contributed by atoms with van der Waals surface area (Å²) in [7, 11) is 0. The molecule has 3 atom stereocenters. The van der Waals surface area contributed by atoms with Crippen molar-refractivity contribution in [1.82, 2.24) is 0 Å². The number of carboxylic acid groups (broad SMARTS) is 2. The molecule has 0 heterocycles. The van der Waals surface area contributed by atoms with Crippen molar-refractivity contribution in [1.29, 1.82) is 0 Å². The second-order valence-electron chi connectivity index (χ2n) is 4.40. The fourth-order valence-electron chi connectivity index (χ4n) is 1.05. The average Bonchev–Trinajstić information content (AvgIpc) is 2.11. The molecule has 0 aliphatic heterocycles. The molecule has 0 fully saturated rings. The lowest BCUT2D eigenvalue weighted by molar-refractivity contribution is -0.153. The minimum Gasteiger partial charge on any atom is -0.481 e. The fraction of sp³-hybridized carbons (Fsp3) is 0.750. The molecule has 118 valence electrons. The molecule has 0 saturated carbocycles. The number of ether oxygens (including phenoxy) is 1. The standard InChI is InChI=1S/C8H14O5.C4H8O3/c1-5(9)3-8(12)13-6(2)4-7(10)11;1-3(5)2-4(6)7/h5-6,9H,3-4H2,1-2H3,(H,10,11);3,5H,2H2,1H3,(H,6,7)/t5-,6-;/m1./s1. The Bertz CT molecular complexity index is 311. The van der Waals surface area contributed by atoms with Crippen LogP contribution in [0.25, 0.3) is 0 Å². The Morgan fingerprint density at radius 3 is 1.50 bits per heavy atom. The van der Waals surface area contributed by atoms with Gasteiger partial charge in [-0.05, 0) is 20.8 Å². The summed E-state index contributed by atoms with van der Waals surface area (Å²) in [5.74, 6) is -2.56. The van der Waals surface area contributed by atoms with Crippen LogP contribution in [0, 0.1) is 0 Å². The third-order valence-electron chi connectivity index (χ3n) is 1.73. The van der Waals surface area contributed by atoms with Gasteiger partial charge in [-0.3, -0.25) is 14.4 Å². The predicted octanol–water partition coefficient (Wildman–Crippen LogP) is 0.00560. The monoisotopic (exact) mass is 294 g/mol. The van der Waals surface area contributed by atoms with Crippen molar-refractivity contribution in [3.63, 3.8) is 0 Å². The van der Waals surface area contributed by atoms with Gasteiger partial charge in [0.25, 0.3) is 0 Å². The third-order valence-corrected chi connectivity index (χ3v) is 1.73. The largest absolute Gasteiger partial charge is 0.481 e. The molecular weight excluding hydrogens is 272 g/mol. The molecule has 0 saturated heterocycles. The van der Waals surface area contributed by atoms with Crippen LogP contribution >= 0.6 is 0 Å². The summed E-state index contributed by atoms with van der Waals surface area (Å²) in [5.41, 5.74) is 0. The highest BCUT2D eigenvalue weighted by molar-refractivity contribution is 5.71. The quantitative estimate of drug-likeness (QED) is 0.481. The van der Waals surface area contributed by atoms with Crippen LogP contribution in [0.5, 0.6) is 0 Å². The van der Waals surface area contributed by atoms with Gasteiger partial charge in [0.05, 0.1) is 31.5 Å². The maximum absolute atomic E-state index is 10.9. The van der Waals surface area contributed by atoms with Crippen LogP contribution in [0.3, 0.4) is 0 Å². The van der Waals surface area contributed by atoms with E-state index in [1.54, 1.807) is 0 Å². The molecule has 20 heavy (non-hydrogen) atoms. The van der Waals surface area contributed by atoms with E-state index in [0.717, 1.165) is 0 Å². The number of carbonyl (C=O) groups excluding carboxylic acids is 1. The Morgan fingerprint density at radius 1 is 0.850 bits per heavy atom. The zero-order chi connectivity index (χ0) is 16.3. The van der Waals surface area contributed by atoms with Gasteiger partial charge in [-0.15, -0.1) is 0 Å². The number of aliphatic hydroxyl groups excluding tert-OH is 2. The number of carbonyl (C=O) groups is 3. The van der Waals surface area contributed by atoms with Crippen LogP contribution in [0.15, 0.2) is 0 Å². The van der Waals surface area contributed by atoms with Crippen LogP contribution in [-0.4, -0.2) is 56.6 Å². The Balaban J connectivity index is 0. The van der Waals surface area contributed by atoms with Gasteiger partial charge >= 0.3 is 17.9 Å². The summed E-state index contributed by atoms with van der Waals surface area (Å²) in [6.45, 7) is 4.39. The molecule has 8 nitrogen and oxygen atoms in total. The Labute approximate surface area is 117 Å². The molecule has 0 radical (unpaired) electrons. The van der Waals surface area contributed by atoms with Gasteiger partial charge in [0, 0.05) is 0 Å². The molecule has 8 heteroatoms. The molecule has 0 aliphatic carbocycles. The van der Waals surface area contributed by atoms with Crippen molar-refractivity contribution < 1.29 is 39.5 Å². The number of esters is 1.